The van der Waals surface area contributed by atoms with Gasteiger partial charge in [-0.15, -0.1) is 0 Å². The van der Waals surface area contributed by atoms with Crippen LogP contribution < -0.4 is 5.73 Å². The summed E-state index contributed by atoms with van der Waals surface area (Å²) >= 11 is 3.32. The number of carbonyl (C=O) groups is 1. The SMILES string of the molecule is Cc1ccc(N)c(C(=O)C(Br)C(C)C)c1O. The largest absolute Gasteiger partial charge is 0.507 e. The molecule has 0 aliphatic rings. The molecule has 1 atom stereocenters. The number of nitrogen functional groups attached to an aromatic ring is 1. The predicted octanol–water partition coefficient (Wildman–Crippen LogP) is 2.89. The van der Waals surface area contributed by atoms with Crippen molar-refractivity contribution in [2.75, 3.05) is 5.73 Å². The molecule has 1 rings (SSSR count). The van der Waals surface area contributed by atoms with Gasteiger partial charge in [0, 0.05) is 5.69 Å². The van der Waals surface area contributed by atoms with Crippen LogP contribution in [0.5, 0.6) is 5.75 Å². The van der Waals surface area contributed by atoms with Crippen LogP contribution in [0.4, 0.5) is 5.69 Å². The summed E-state index contributed by atoms with van der Waals surface area (Å²) in [6.45, 7) is 5.60. The third kappa shape index (κ3) is 2.38. The first kappa shape index (κ1) is 13.0. The molecule has 1 unspecified atom stereocenters. The van der Waals surface area contributed by atoms with Crippen LogP contribution in [0.1, 0.15) is 29.8 Å². The van der Waals surface area contributed by atoms with Gasteiger partial charge in [-0.2, -0.15) is 0 Å². The fourth-order valence-corrected chi connectivity index (χ4v) is 1.64. The monoisotopic (exact) mass is 285 g/mol. The van der Waals surface area contributed by atoms with Gasteiger partial charge in [0.25, 0.3) is 0 Å². The van der Waals surface area contributed by atoms with Gasteiger partial charge >= 0.3 is 0 Å². The average molecular weight is 286 g/mol. The number of hydrogen-bond acceptors (Lipinski definition) is 3. The molecule has 0 aliphatic heterocycles. The van der Waals surface area contributed by atoms with Crippen molar-refractivity contribution in [1.29, 1.82) is 0 Å². The molecule has 3 nitrogen and oxygen atoms in total. The minimum atomic E-state index is -0.331. The summed E-state index contributed by atoms with van der Waals surface area (Å²) in [6.07, 6.45) is 0. The van der Waals surface area contributed by atoms with Gasteiger partial charge in [0.15, 0.2) is 5.78 Å². The van der Waals surface area contributed by atoms with Gasteiger partial charge in [0.2, 0.25) is 0 Å². The van der Waals surface area contributed by atoms with Crippen LogP contribution in [0, 0.1) is 12.8 Å². The topological polar surface area (TPSA) is 63.3 Å². The van der Waals surface area contributed by atoms with E-state index in [4.69, 9.17) is 5.73 Å². The second kappa shape index (κ2) is 4.87. The highest BCUT2D eigenvalue weighted by molar-refractivity contribution is 9.10. The van der Waals surface area contributed by atoms with E-state index >= 15 is 0 Å². The third-order valence-electron chi connectivity index (χ3n) is 2.49. The number of halogens is 1. The number of Topliss-reactive ketones (excluding diaryl/α,β-unsaturated/α-hetero) is 1. The lowest BCUT2D eigenvalue weighted by Gasteiger charge is -2.15. The van der Waals surface area contributed by atoms with Gasteiger partial charge in [0.05, 0.1) is 10.4 Å². The number of ketones is 1. The van der Waals surface area contributed by atoms with E-state index in [-0.39, 0.29) is 27.8 Å². The lowest BCUT2D eigenvalue weighted by Crippen LogP contribution is -2.21. The summed E-state index contributed by atoms with van der Waals surface area (Å²) in [4.78, 5) is 11.8. The molecule has 0 amide bonds. The van der Waals surface area contributed by atoms with E-state index in [1.807, 2.05) is 13.8 Å². The molecular formula is C12H16BrNO2. The van der Waals surface area contributed by atoms with Gasteiger partial charge in [-0.3, -0.25) is 4.79 Å². The molecule has 4 heteroatoms. The average Bonchev–Trinajstić information content (AvgIpc) is 2.22. The summed E-state index contributed by atoms with van der Waals surface area (Å²) in [5, 5.41) is 9.86. The summed E-state index contributed by atoms with van der Waals surface area (Å²) in [6, 6.07) is 3.34. The Morgan fingerprint density at radius 2 is 2.00 bits per heavy atom. The van der Waals surface area contributed by atoms with E-state index in [1.165, 1.54) is 0 Å². The molecule has 0 aromatic heterocycles. The van der Waals surface area contributed by atoms with Gasteiger partial charge in [-0.25, -0.2) is 0 Å². The smallest absolute Gasteiger partial charge is 0.182 e. The van der Waals surface area contributed by atoms with Crippen LogP contribution in [-0.2, 0) is 0 Å². The van der Waals surface area contributed by atoms with Gasteiger partial charge in [0.1, 0.15) is 5.75 Å². The number of carbonyl (C=O) groups excluding carboxylic acids is 1. The molecule has 0 saturated carbocycles. The number of hydrogen-bond donors (Lipinski definition) is 2. The minimum absolute atomic E-state index is 0.0184. The first-order valence-electron chi connectivity index (χ1n) is 5.12. The summed E-state index contributed by atoms with van der Waals surface area (Å²) < 4.78 is 0. The number of phenols is 1. The zero-order valence-electron chi connectivity index (χ0n) is 9.62. The highest BCUT2D eigenvalue weighted by Gasteiger charge is 2.25. The molecule has 1 aromatic rings. The maximum atomic E-state index is 12.1. The van der Waals surface area contributed by atoms with E-state index in [2.05, 4.69) is 15.9 Å². The first-order chi connectivity index (χ1) is 7.36. The van der Waals surface area contributed by atoms with E-state index < -0.39 is 0 Å². The Balaban J connectivity index is 3.23. The molecule has 0 spiro atoms. The highest BCUT2D eigenvalue weighted by Crippen LogP contribution is 2.31. The van der Waals surface area contributed by atoms with E-state index in [1.54, 1.807) is 19.1 Å². The molecule has 3 N–H and O–H groups in total. The fraction of sp³-hybridized carbons (Fsp3) is 0.417. The Bertz CT molecular complexity index is 416. The quantitative estimate of drug-likeness (QED) is 0.510. The van der Waals surface area contributed by atoms with E-state index in [9.17, 15) is 9.90 Å². The van der Waals surface area contributed by atoms with Crippen molar-refractivity contribution in [1.82, 2.24) is 0 Å². The zero-order valence-corrected chi connectivity index (χ0v) is 11.2. The molecule has 1 aromatic carbocycles. The molecule has 0 radical (unpaired) electrons. The molecule has 16 heavy (non-hydrogen) atoms. The number of anilines is 1. The highest BCUT2D eigenvalue weighted by atomic mass is 79.9. The summed E-state index contributed by atoms with van der Waals surface area (Å²) in [5.41, 5.74) is 6.92. The first-order valence-corrected chi connectivity index (χ1v) is 6.04. The van der Waals surface area contributed by atoms with Gasteiger partial charge < -0.3 is 10.8 Å². The van der Waals surface area contributed by atoms with Crippen molar-refractivity contribution < 1.29 is 9.90 Å². The molecule has 0 aliphatic carbocycles. The Hall–Kier alpha value is -1.03. The molecule has 88 valence electrons. The molecule has 0 saturated heterocycles. The number of phenolic OH excluding ortho intramolecular Hbond substituents is 1. The van der Waals surface area contributed by atoms with Crippen LogP contribution in [0.25, 0.3) is 0 Å². The van der Waals surface area contributed by atoms with Crippen LogP contribution in [0.15, 0.2) is 12.1 Å². The van der Waals surface area contributed by atoms with Crippen LogP contribution in [0.2, 0.25) is 0 Å². The predicted molar refractivity (Wildman–Crippen MR) is 69.1 cm³/mol. The van der Waals surface area contributed by atoms with Crippen molar-refractivity contribution >= 4 is 27.4 Å². The van der Waals surface area contributed by atoms with Crippen LogP contribution in [-0.4, -0.2) is 15.7 Å². The van der Waals surface area contributed by atoms with E-state index in [0.29, 0.717) is 11.3 Å². The summed E-state index contributed by atoms with van der Waals surface area (Å²) in [5.74, 6) is -0.0457. The van der Waals surface area contributed by atoms with Crippen molar-refractivity contribution in [3.05, 3.63) is 23.3 Å². The number of aromatic hydroxyl groups is 1. The minimum Gasteiger partial charge on any atom is -0.507 e. The molecule has 0 bridgehead atoms. The number of benzene rings is 1. The van der Waals surface area contributed by atoms with Crippen molar-refractivity contribution in [3.63, 3.8) is 0 Å². The number of alkyl halides is 1. The van der Waals surface area contributed by atoms with Crippen molar-refractivity contribution in [2.24, 2.45) is 5.92 Å². The summed E-state index contributed by atoms with van der Waals surface area (Å²) in [7, 11) is 0. The fourth-order valence-electron chi connectivity index (χ4n) is 1.41. The van der Waals surface area contributed by atoms with Crippen molar-refractivity contribution in [3.8, 4) is 5.75 Å². The molecular weight excluding hydrogens is 270 g/mol. The number of nitrogens with two attached hydrogens (primary N) is 1. The maximum Gasteiger partial charge on any atom is 0.182 e. The zero-order chi connectivity index (χ0) is 12.5. The Morgan fingerprint density at radius 1 is 1.44 bits per heavy atom. The second-order valence-electron chi connectivity index (χ2n) is 4.21. The molecule has 0 heterocycles. The van der Waals surface area contributed by atoms with Gasteiger partial charge in [-0.1, -0.05) is 35.8 Å². The Kier molecular flexibility index (Phi) is 3.97. The van der Waals surface area contributed by atoms with Gasteiger partial charge in [-0.05, 0) is 24.5 Å². The maximum absolute atomic E-state index is 12.1. The van der Waals surface area contributed by atoms with E-state index in [0.717, 1.165) is 0 Å². The van der Waals surface area contributed by atoms with Crippen molar-refractivity contribution in [2.45, 2.75) is 25.6 Å². The second-order valence-corrected chi connectivity index (χ2v) is 5.19. The molecule has 0 fully saturated rings. The third-order valence-corrected chi connectivity index (χ3v) is 3.97. The number of rotatable bonds is 3. The number of aryl methyl sites for hydroxylation is 1. The lowest BCUT2D eigenvalue weighted by molar-refractivity contribution is 0.0976. The normalized spacial score (nSPS) is 12.8. The standard InChI is InChI=1S/C12H16BrNO2/c1-6(2)10(13)12(16)9-8(14)5-4-7(3)11(9)15/h4-6,10,15H,14H2,1-3H3. The Labute approximate surface area is 104 Å². The van der Waals surface area contributed by atoms with Crippen LogP contribution in [0.3, 0.4) is 0 Å². The van der Waals surface area contributed by atoms with Crippen LogP contribution >= 0.6 is 15.9 Å². The Morgan fingerprint density at radius 3 is 2.50 bits per heavy atom. The lowest BCUT2D eigenvalue weighted by atomic mass is 9.97.